The van der Waals surface area contributed by atoms with Crippen molar-refractivity contribution in [3.63, 3.8) is 0 Å². The Morgan fingerprint density at radius 1 is 1.26 bits per heavy atom. The molecular weight excluding hydrogens is 244 g/mol. The fraction of sp³-hybridized carbons (Fsp3) is 0.857. The predicted octanol–water partition coefficient (Wildman–Crippen LogP) is 1.14. The highest BCUT2D eigenvalue weighted by Crippen LogP contribution is 2.32. The highest BCUT2D eigenvalue weighted by Gasteiger charge is 2.43. The molecule has 0 bridgehead atoms. The SMILES string of the molecule is CC1CCC(NC(=O)[C@H]2CCCNC2)(C(=O)O)CC1. The summed E-state index contributed by atoms with van der Waals surface area (Å²) in [6, 6.07) is 0. The van der Waals surface area contributed by atoms with Crippen LogP contribution in [0.25, 0.3) is 0 Å². The van der Waals surface area contributed by atoms with Crippen LogP contribution in [0, 0.1) is 11.8 Å². The third-order valence-corrected chi connectivity index (χ3v) is 4.57. The van der Waals surface area contributed by atoms with E-state index in [-0.39, 0.29) is 11.8 Å². The van der Waals surface area contributed by atoms with Crippen molar-refractivity contribution in [2.24, 2.45) is 11.8 Å². The zero-order valence-corrected chi connectivity index (χ0v) is 11.6. The first-order valence-corrected chi connectivity index (χ1v) is 7.30. The van der Waals surface area contributed by atoms with E-state index < -0.39 is 11.5 Å². The number of hydrogen-bond acceptors (Lipinski definition) is 3. The number of hydrogen-bond donors (Lipinski definition) is 3. The van der Waals surface area contributed by atoms with Crippen molar-refractivity contribution in [1.29, 1.82) is 0 Å². The lowest BCUT2D eigenvalue weighted by atomic mass is 9.76. The van der Waals surface area contributed by atoms with Crippen LogP contribution < -0.4 is 10.6 Å². The van der Waals surface area contributed by atoms with Crippen molar-refractivity contribution in [3.05, 3.63) is 0 Å². The van der Waals surface area contributed by atoms with Crippen LogP contribution in [0.2, 0.25) is 0 Å². The Labute approximate surface area is 114 Å². The largest absolute Gasteiger partial charge is 0.480 e. The number of carbonyl (C=O) groups is 2. The molecule has 0 radical (unpaired) electrons. The van der Waals surface area contributed by atoms with Crippen molar-refractivity contribution >= 4 is 11.9 Å². The van der Waals surface area contributed by atoms with Gasteiger partial charge in [-0.2, -0.15) is 0 Å². The van der Waals surface area contributed by atoms with Gasteiger partial charge in [0.2, 0.25) is 5.91 Å². The zero-order chi connectivity index (χ0) is 13.9. The Hall–Kier alpha value is -1.10. The zero-order valence-electron chi connectivity index (χ0n) is 11.6. The van der Waals surface area contributed by atoms with Gasteiger partial charge < -0.3 is 15.7 Å². The first kappa shape index (κ1) is 14.3. The maximum Gasteiger partial charge on any atom is 0.329 e. The summed E-state index contributed by atoms with van der Waals surface area (Å²) in [4.78, 5) is 23.8. The van der Waals surface area contributed by atoms with E-state index in [1.807, 2.05) is 0 Å². The Balaban J connectivity index is 2.00. The van der Waals surface area contributed by atoms with Crippen LogP contribution in [0.4, 0.5) is 0 Å². The first-order valence-electron chi connectivity index (χ1n) is 7.30. The quantitative estimate of drug-likeness (QED) is 0.717. The maximum absolute atomic E-state index is 12.2. The number of carboxylic acid groups (broad SMARTS) is 1. The Morgan fingerprint density at radius 2 is 1.95 bits per heavy atom. The van der Waals surface area contributed by atoms with Crippen molar-refractivity contribution in [2.75, 3.05) is 13.1 Å². The van der Waals surface area contributed by atoms with Gasteiger partial charge in [0, 0.05) is 6.54 Å². The van der Waals surface area contributed by atoms with Crippen molar-refractivity contribution in [1.82, 2.24) is 10.6 Å². The molecule has 2 rings (SSSR count). The molecule has 1 aliphatic carbocycles. The van der Waals surface area contributed by atoms with E-state index in [0.29, 0.717) is 25.3 Å². The van der Waals surface area contributed by atoms with Gasteiger partial charge in [-0.3, -0.25) is 4.79 Å². The minimum atomic E-state index is -1.03. The van der Waals surface area contributed by atoms with Crippen LogP contribution in [0.15, 0.2) is 0 Å². The fourth-order valence-corrected chi connectivity index (χ4v) is 3.06. The predicted molar refractivity (Wildman–Crippen MR) is 71.7 cm³/mol. The number of nitrogens with one attached hydrogen (secondary N) is 2. The van der Waals surface area contributed by atoms with Gasteiger partial charge in [-0.25, -0.2) is 4.79 Å². The molecule has 3 N–H and O–H groups in total. The molecule has 0 aromatic rings. The van der Waals surface area contributed by atoms with Gasteiger partial charge in [0.05, 0.1) is 5.92 Å². The second-order valence-electron chi connectivity index (χ2n) is 6.10. The molecule has 1 amide bonds. The summed E-state index contributed by atoms with van der Waals surface area (Å²) in [7, 11) is 0. The highest BCUT2D eigenvalue weighted by atomic mass is 16.4. The summed E-state index contributed by atoms with van der Waals surface area (Å²) in [6.07, 6.45) is 4.68. The summed E-state index contributed by atoms with van der Waals surface area (Å²) < 4.78 is 0. The number of carboxylic acids is 1. The minimum absolute atomic E-state index is 0.0793. The van der Waals surface area contributed by atoms with E-state index in [1.165, 1.54) is 0 Å². The number of piperidine rings is 1. The fourth-order valence-electron chi connectivity index (χ4n) is 3.06. The van der Waals surface area contributed by atoms with Crippen LogP contribution >= 0.6 is 0 Å². The molecule has 108 valence electrons. The molecule has 0 unspecified atom stereocenters. The summed E-state index contributed by atoms with van der Waals surface area (Å²) in [5, 5.41) is 15.5. The first-order chi connectivity index (χ1) is 9.03. The third kappa shape index (κ3) is 3.26. The average Bonchev–Trinajstić information content (AvgIpc) is 2.42. The van der Waals surface area contributed by atoms with Crippen molar-refractivity contribution in [3.8, 4) is 0 Å². The molecule has 1 atom stereocenters. The lowest BCUT2D eigenvalue weighted by Gasteiger charge is -2.37. The van der Waals surface area contributed by atoms with Gasteiger partial charge >= 0.3 is 5.97 Å². The molecule has 0 aromatic heterocycles. The molecule has 2 fully saturated rings. The Bertz CT molecular complexity index is 343. The van der Waals surface area contributed by atoms with E-state index in [4.69, 9.17) is 0 Å². The van der Waals surface area contributed by atoms with Gasteiger partial charge in [-0.15, -0.1) is 0 Å². The molecule has 1 saturated carbocycles. The van der Waals surface area contributed by atoms with Crippen LogP contribution in [0.3, 0.4) is 0 Å². The standard InChI is InChI=1S/C14H24N2O3/c1-10-4-6-14(7-5-10,13(18)19)16-12(17)11-3-2-8-15-9-11/h10-11,15H,2-9H2,1H3,(H,16,17)(H,18,19)/t10?,11-,14?/m0/s1. The van der Waals surface area contributed by atoms with Gasteiger partial charge in [0.15, 0.2) is 0 Å². The summed E-state index contributed by atoms with van der Waals surface area (Å²) in [5.41, 5.74) is -1.03. The average molecular weight is 268 g/mol. The molecular formula is C14H24N2O3. The summed E-state index contributed by atoms with van der Waals surface area (Å²) in [5.74, 6) is -0.495. The van der Waals surface area contributed by atoms with E-state index >= 15 is 0 Å². The van der Waals surface area contributed by atoms with Crippen LogP contribution in [0.1, 0.15) is 45.4 Å². The molecule has 5 heteroatoms. The van der Waals surface area contributed by atoms with E-state index in [9.17, 15) is 14.7 Å². The van der Waals surface area contributed by atoms with Gasteiger partial charge in [0.1, 0.15) is 5.54 Å². The molecule has 1 saturated heterocycles. The highest BCUT2D eigenvalue weighted by molar-refractivity contribution is 5.88. The normalized spacial score (nSPS) is 35.6. The monoisotopic (exact) mass is 268 g/mol. The summed E-state index contributed by atoms with van der Waals surface area (Å²) in [6.45, 7) is 3.75. The molecule has 1 aliphatic heterocycles. The Morgan fingerprint density at radius 3 is 2.47 bits per heavy atom. The third-order valence-electron chi connectivity index (χ3n) is 4.57. The molecule has 0 spiro atoms. The molecule has 19 heavy (non-hydrogen) atoms. The lowest BCUT2D eigenvalue weighted by Crippen LogP contribution is -2.58. The number of rotatable bonds is 3. The van der Waals surface area contributed by atoms with Gasteiger partial charge in [0.25, 0.3) is 0 Å². The lowest BCUT2D eigenvalue weighted by molar-refractivity contribution is -0.150. The van der Waals surface area contributed by atoms with Gasteiger partial charge in [-0.05, 0) is 51.0 Å². The van der Waals surface area contributed by atoms with Gasteiger partial charge in [-0.1, -0.05) is 6.92 Å². The van der Waals surface area contributed by atoms with Crippen molar-refractivity contribution in [2.45, 2.75) is 51.0 Å². The van der Waals surface area contributed by atoms with E-state index in [1.54, 1.807) is 0 Å². The van der Waals surface area contributed by atoms with E-state index in [0.717, 1.165) is 32.2 Å². The van der Waals surface area contributed by atoms with Crippen LogP contribution in [0.5, 0.6) is 0 Å². The molecule has 1 heterocycles. The molecule has 0 aromatic carbocycles. The van der Waals surface area contributed by atoms with E-state index in [2.05, 4.69) is 17.6 Å². The molecule has 5 nitrogen and oxygen atoms in total. The second kappa shape index (κ2) is 5.90. The van der Waals surface area contributed by atoms with Crippen LogP contribution in [-0.2, 0) is 9.59 Å². The number of carbonyl (C=O) groups excluding carboxylic acids is 1. The number of aliphatic carboxylic acids is 1. The Kier molecular flexibility index (Phi) is 4.45. The molecule has 2 aliphatic rings. The number of amides is 1. The topological polar surface area (TPSA) is 78.4 Å². The minimum Gasteiger partial charge on any atom is -0.480 e. The summed E-state index contributed by atoms with van der Waals surface area (Å²) >= 11 is 0. The maximum atomic E-state index is 12.2. The van der Waals surface area contributed by atoms with Crippen LogP contribution in [-0.4, -0.2) is 35.6 Å². The smallest absolute Gasteiger partial charge is 0.329 e. The van der Waals surface area contributed by atoms with Crippen molar-refractivity contribution < 1.29 is 14.7 Å². The second-order valence-corrected chi connectivity index (χ2v) is 6.10.